The average Bonchev–Trinajstić information content (AvgIpc) is 2.59. The first kappa shape index (κ1) is 17.5. The first-order valence-corrected chi connectivity index (χ1v) is 7.69. The highest BCUT2D eigenvalue weighted by Gasteiger charge is 2.33. The summed E-state index contributed by atoms with van der Waals surface area (Å²) in [5, 5.41) is 7.83. The van der Waals surface area contributed by atoms with Crippen LogP contribution in [0.2, 0.25) is 0 Å². The number of nitrogens with zero attached hydrogens (tertiary/aromatic N) is 1. The fraction of sp³-hybridized carbons (Fsp3) is 0.353. The normalized spacial score (nSPS) is 19.4. The second-order valence-electron chi connectivity index (χ2n) is 5.83. The van der Waals surface area contributed by atoms with E-state index in [0.29, 0.717) is 23.1 Å². The molecule has 2 aromatic rings. The van der Waals surface area contributed by atoms with Crippen molar-refractivity contribution in [2.75, 3.05) is 14.2 Å². The Morgan fingerprint density at radius 3 is 2.48 bits per heavy atom. The third-order valence-electron chi connectivity index (χ3n) is 3.98. The van der Waals surface area contributed by atoms with Gasteiger partial charge in [0.1, 0.15) is 21.8 Å². The van der Waals surface area contributed by atoms with E-state index < -0.39 is 5.40 Å². The Balaban J connectivity index is 1.98. The predicted molar refractivity (Wildman–Crippen MR) is 92.6 cm³/mol. The maximum atomic E-state index is 9.84. The number of pyridine rings is 1. The van der Waals surface area contributed by atoms with E-state index in [2.05, 4.69) is 4.98 Å². The summed E-state index contributed by atoms with van der Waals surface area (Å²) in [5.74, 6) is 1.68. The van der Waals surface area contributed by atoms with Crippen molar-refractivity contribution >= 4 is 15.7 Å². The van der Waals surface area contributed by atoms with Crippen LogP contribution >= 0.6 is 0 Å². The number of hydrogen-bond acceptors (Lipinski definition) is 6. The van der Waals surface area contributed by atoms with Gasteiger partial charge in [0.25, 0.3) is 0 Å². The Hall–Kier alpha value is -2.34. The fourth-order valence-corrected chi connectivity index (χ4v) is 2.67. The molecule has 0 spiro atoms. The van der Waals surface area contributed by atoms with E-state index in [4.69, 9.17) is 34.6 Å². The van der Waals surface area contributed by atoms with E-state index in [0.717, 1.165) is 5.56 Å². The van der Waals surface area contributed by atoms with E-state index in [-0.39, 0.29) is 17.8 Å². The number of benzene rings is 1. The zero-order chi connectivity index (χ0) is 18.2. The average molecular weight is 337 g/mol. The van der Waals surface area contributed by atoms with Gasteiger partial charge in [0.15, 0.2) is 17.6 Å². The molecule has 6 nitrogen and oxygen atoms in total. The molecule has 8 heteroatoms. The van der Waals surface area contributed by atoms with Crippen LogP contribution in [0.3, 0.4) is 0 Å². The van der Waals surface area contributed by atoms with Crippen LogP contribution < -0.4 is 18.9 Å². The van der Waals surface area contributed by atoms with Gasteiger partial charge in [-0.2, -0.15) is 0 Å². The van der Waals surface area contributed by atoms with E-state index in [1.807, 2.05) is 13.0 Å². The third kappa shape index (κ3) is 3.39. The van der Waals surface area contributed by atoms with Gasteiger partial charge in [-0.15, -0.1) is 0 Å². The molecule has 2 atom stereocenters. The van der Waals surface area contributed by atoms with Crippen molar-refractivity contribution in [3.05, 3.63) is 41.6 Å². The molecule has 1 aliphatic rings. The van der Waals surface area contributed by atoms with Gasteiger partial charge in [0, 0.05) is 23.2 Å². The zero-order valence-corrected chi connectivity index (χ0v) is 14.2. The number of fused-ring (bicyclic) bond motifs is 1. The summed E-state index contributed by atoms with van der Waals surface area (Å²) < 4.78 is 22.5. The summed E-state index contributed by atoms with van der Waals surface area (Å²) in [6.45, 7) is 1.87. The second-order valence-corrected chi connectivity index (χ2v) is 5.83. The minimum atomic E-state index is -2.01. The standard InChI is InChI=1S/C17H17B2NO5/c1-9-15(10-4-5-14(23-3)20-8-10)25-16-12(22-2)6-11(17(18,19)21)7-13(16)24-9/h4-9,15,21H,1-3H3/t9-,15+/m0/s1. The van der Waals surface area contributed by atoms with Crippen molar-refractivity contribution in [2.24, 2.45) is 0 Å². The van der Waals surface area contributed by atoms with Gasteiger partial charge in [0.05, 0.1) is 14.2 Å². The van der Waals surface area contributed by atoms with E-state index in [1.165, 1.54) is 19.2 Å². The number of methoxy groups -OCH3 is 2. The monoisotopic (exact) mass is 337 g/mol. The topological polar surface area (TPSA) is 70.0 Å². The maximum Gasteiger partial charge on any atom is 0.212 e. The lowest BCUT2D eigenvalue weighted by atomic mass is 9.61. The summed E-state index contributed by atoms with van der Waals surface area (Å²) in [5.41, 5.74) is 1.09. The molecule has 3 rings (SSSR count). The molecule has 25 heavy (non-hydrogen) atoms. The third-order valence-corrected chi connectivity index (χ3v) is 3.98. The first-order chi connectivity index (χ1) is 11.8. The summed E-state index contributed by atoms with van der Waals surface area (Å²) in [7, 11) is 14.1. The number of aliphatic hydroxyl groups is 1. The van der Waals surface area contributed by atoms with Gasteiger partial charge in [-0.05, 0) is 30.7 Å². The molecule has 0 saturated carbocycles. The van der Waals surface area contributed by atoms with E-state index >= 15 is 0 Å². The smallest absolute Gasteiger partial charge is 0.212 e. The van der Waals surface area contributed by atoms with Gasteiger partial charge < -0.3 is 24.1 Å². The Morgan fingerprint density at radius 2 is 1.92 bits per heavy atom. The van der Waals surface area contributed by atoms with Crippen molar-refractivity contribution in [2.45, 2.75) is 24.5 Å². The van der Waals surface area contributed by atoms with Gasteiger partial charge in [-0.3, -0.25) is 0 Å². The van der Waals surface area contributed by atoms with E-state index in [9.17, 15) is 5.11 Å². The Morgan fingerprint density at radius 1 is 1.16 bits per heavy atom. The lowest BCUT2D eigenvalue weighted by molar-refractivity contribution is 0.0275. The van der Waals surface area contributed by atoms with E-state index in [1.54, 1.807) is 19.4 Å². The number of ether oxygens (including phenoxy) is 4. The molecule has 0 amide bonds. The molecule has 1 N–H and O–H groups in total. The zero-order valence-electron chi connectivity index (χ0n) is 14.2. The molecule has 0 aliphatic carbocycles. The molecular formula is C17H17B2NO5. The molecule has 4 radical (unpaired) electrons. The molecule has 126 valence electrons. The fourth-order valence-electron chi connectivity index (χ4n) is 2.67. The minimum Gasteiger partial charge on any atom is -0.493 e. The minimum absolute atomic E-state index is 0.253. The van der Waals surface area contributed by atoms with Gasteiger partial charge in [0.2, 0.25) is 11.6 Å². The van der Waals surface area contributed by atoms with Crippen molar-refractivity contribution < 1.29 is 24.1 Å². The van der Waals surface area contributed by atoms with Crippen molar-refractivity contribution in [3.8, 4) is 23.1 Å². The Labute approximate surface area is 148 Å². The Kier molecular flexibility index (Phi) is 4.56. The molecule has 1 aromatic carbocycles. The van der Waals surface area contributed by atoms with Crippen LogP contribution in [-0.4, -0.2) is 46.1 Å². The quantitative estimate of drug-likeness (QED) is 0.852. The van der Waals surface area contributed by atoms with Crippen LogP contribution in [0.1, 0.15) is 24.2 Å². The number of aromatic nitrogens is 1. The lowest BCUT2D eigenvalue weighted by Gasteiger charge is -2.34. The summed E-state index contributed by atoms with van der Waals surface area (Å²) >= 11 is 0. The van der Waals surface area contributed by atoms with Crippen LogP contribution in [-0.2, 0) is 5.40 Å². The molecule has 1 aliphatic heterocycles. The Bertz CT molecular complexity index is 761. The number of hydrogen-bond donors (Lipinski definition) is 1. The van der Waals surface area contributed by atoms with Crippen LogP contribution in [0.4, 0.5) is 0 Å². The van der Waals surface area contributed by atoms with Crippen LogP contribution in [0.25, 0.3) is 0 Å². The highest BCUT2D eigenvalue weighted by atomic mass is 16.6. The highest BCUT2D eigenvalue weighted by molar-refractivity contribution is 6.38. The summed E-state index contributed by atoms with van der Waals surface area (Å²) in [6, 6.07) is 6.67. The SMILES string of the molecule is [B]C([B])(O)c1cc(OC)c2c(c1)O[C@@H](C)[C@H](c1ccc(OC)nc1)O2. The van der Waals surface area contributed by atoms with Gasteiger partial charge in [-0.25, -0.2) is 4.98 Å². The predicted octanol–water partition coefficient (Wildman–Crippen LogP) is 1.44. The molecule has 0 unspecified atom stereocenters. The highest BCUT2D eigenvalue weighted by Crippen LogP contribution is 2.47. The molecular weight excluding hydrogens is 320 g/mol. The summed E-state index contributed by atoms with van der Waals surface area (Å²) in [6.07, 6.45) is 0.972. The van der Waals surface area contributed by atoms with Gasteiger partial charge in [-0.1, -0.05) is 0 Å². The molecule has 0 bridgehead atoms. The first-order valence-electron chi connectivity index (χ1n) is 7.69. The number of rotatable bonds is 4. The van der Waals surface area contributed by atoms with Crippen molar-refractivity contribution in [1.82, 2.24) is 4.98 Å². The molecule has 0 saturated heterocycles. The summed E-state index contributed by atoms with van der Waals surface area (Å²) in [4.78, 5) is 4.20. The molecule has 1 aromatic heterocycles. The maximum absolute atomic E-state index is 9.84. The van der Waals surface area contributed by atoms with Crippen LogP contribution in [0.15, 0.2) is 30.5 Å². The van der Waals surface area contributed by atoms with Crippen LogP contribution in [0.5, 0.6) is 23.1 Å². The van der Waals surface area contributed by atoms with Gasteiger partial charge >= 0.3 is 0 Å². The molecule has 0 fully saturated rings. The van der Waals surface area contributed by atoms with Crippen LogP contribution in [0, 0.1) is 0 Å². The van der Waals surface area contributed by atoms with Crippen molar-refractivity contribution in [3.63, 3.8) is 0 Å². The lowest BCUT2D eigenvalue weighted by Crippen LogP contribution is -2.32. The molecule has 2 heterocycles. The second kappa shape index (κ2) is 6.52. The van der Waals surface area contributed by atoms with Crippen molar-refractivity contribution in [1.29, 1.82) is 0 Å². The largest absolute Gasteiger partial charge is 0.493 e.